The fourth-order valence-corrected chi connectivity index (χ4v) is 2.95. The zero-order valence-electron chi connectivity index (χ0n) is 12.6. The van der Waals surface area contributed by atoms with Gasteiger partial charge in [-0.15, -0.1) is 0 Å². The minimum Gasteiger partial charge on any atom is -0.359 e. The summed E-state index contributed by atoms with van der Waals surface area (Å²) in [6, 6.07) is 7.50. The molecule has 1 fully saturated rings. The van der Waals surface area contributed by atoms with Crippen molar-refractivity contribution in [2.24, 2.45) is 0 Å². The first-order chi connectivity index (χ1) is 10.6. The first kappa shape index (κ1) is 14.8. The van der Waals surface area contributed by atoms with Crippen molar-refractivity contribution in [2.75, 3.05) is 6.54 Å². The smallest absolute Gasteiger partial charge is 0.254 e. The standard InChI is InChI=1S/C17H19FN2O2/c1-12-11-16(22-19-12)15-5-3-2-4-10-20(15)17(21)13-6-8-14(18)9-7-13/h6-9,11,15H,2-5,10H2,1H3/t15-/m0/s1. The van der Waals surface area contributed by atoms with Crippen molar-refractivity contribution in [1.82, 2.24) is 10.1 Å². The van der Waals surface area contributed by atoms with Crippen LogP contribution in [0.5, 0.6) is 0 Å². The van der Waals surface area contributed by atoms with Crippen molar-refractivity contribution >= 4 is 5.91 Å². The predicted molar refractivity (Wildman–Crippen MR) is 79.9 cm³/mol. The van der Waals surface area contributed by atoms with Gasteiger partial charge < -0.3 is 9.42 Å². The lowest BCUT2D eigenvalue weighted by Gasteiger charge is -2.28. The molecule has 3 rings (SSSR count). The quantitative estimate of drug-likeness (QED) is 0.845. The fraction of sp³-hybridized carbons (Fsp3) is 0.412. The normalized spacial score (nSPS) is 19.0. The number of aromatic nitrogens is 1. The molecule has 1 aliphatic heterocycles. The average Bonchev–Trinajstić information content (AvgIpc) is 2.81. The Balaban J connectivity index is 1.89. The summed E-state index contributed by atoms with van der Waals surface area (Å²) in [5, 5.41) is 3.94. The van der Waals surface area contributed by atoms with Gasteiger partial charge in [0.05, 0.1) is 11.7 Å². The lowest BCUT2D eigenvalue weighted by atomic mass is 10.1. The Morgan fingerprint density at radius 2 is 2.05 bits per heavy atom. The number of carbonyl (C=O) groups excluding carboxylic acids is 1. The number of benzene rings is 1. The third-order valence-corrected chi connectivity index (χ3v) is 4.08. The lowest BCUT2D eigenvalue weighted by Crippen LogP contribution is -2.34. The van der Waals surface area contributed by atoms with E-state index in [2.05, 4.69) is 5.16 Å². The van der Waals surface area contributed by atoms with Crippen molar-refractivity contribution < 1.29 is 13.7 Å². The Kier molecular flexibility index (Phi) is 4.22. The van der Waals surface area contributed by atoms with Crippen LogP contribution in [-0.2, 0) is 0 Å². The number of rotatable bonds is 2. The second-order valence-corrected chi connectivity index (χ2v) is 5.74. The summed E-state index contributed by atoms with van der Waals surface area (Å²) in [5.41, 5.74) is 1.32. The zero-order chi connectivity index (χ0) is 15.5. The van der Waals surface area contributed by atoms with Crippen LogP contribution in [-0.4, -0.2) is 22.5 Å². The molecule has 0 aliphatic carbocycles. The van der Waals surface area contributed by atoms with Crippen LogP contribution in [0.25, 0.3) is 0 Å². The molecule has 1 saturated heterocycles. The van der Waals surface area contributed by atoms with Gasteiger partial charge in [0.1, 0.15) is 5.82 Å². The van der Waals surface area contributed by atoms with Crippen molar-refractivity contribution in [3.8, 4) is 0 Å². The minimum absolute atomic E-state index is 0.0825. The molecule has 2 heterocycles. The first-order valence-electron chi connectivity index (χ1n) is 7.65. The topological polar surface area (TPSA) is 46.3 Å². The summed E-state index contributed by atoms with van der Waals surface area (Å²) >= 11 is 0. The van der Waals surface area contributed by atoms with Crippen molar-refractivity contribution in [1.29, 1.82) is 0 Å². The van der Waals surface area contributed by atoms with Crippen molar-refractivity contribution in [2.45, 2.75) is 38.6 Å². The molecule has 1 aliphatic rings. The van der Waals surface area contributed by atoms with E-state index >= 15 is 0 Å². The van der Waals surface area contributed by atoms with Crippen LogP contribution in [0.4, 0.5) is 4.39 Å². The fourth-order valence-electron chi connectivity index (χ4n) is 2.95. The molecule has 22 heavy (non-hydrogen) atoms. The molecular weight excluding hydrogens is 283 g/mol. The summed E-state index contributed by atoms with van der Waals surface area (Å²) in [4.78, 5) is 14.6. The van der Waals surface area contributed by atoms with E-state index < -0.39 is 0 Å². The number of carbonyl (C=O) groups is 1. The van der Waals surface area contributed by atoms with Crippen LogP contribution >= 0.6 is 0 Å². The molecule has 5 heteroatoms. The molecule has 0 N–H and O–H groups in total. The molecule has 1 atom stereocenters. The maximum Gasteiger partial charge on any atom is 0.254 e. The van der Waals surface area contributed by atoms with E-state index in [-0.39, 0.29) is 17.8 Å². The van der Waals surface area contributed by atoms with Gasteiger partial charge >= 0.3 is 0 Å². The van der Waals surface area contributed by atoms with E-state index in [1.165, 1.54) is 24.3 Å². The Morgan fingerprint density at radius 3 is 2.73 bits per heavy atom. The van der Waals surface area contributed by atoms with Gasteiger partial charge in [-0.2, -0.15) is 0 Å². The van der Waals surface area contributed by atoms with Crippen LogP contribution in [0, 0.1) is 12.7 Å². The summed E-state index contributed by atoms with van der Waals surface area (Å²) in [6.45, 7) is 2.55. The van der Waals surface area contributed by atoms with E-state index in [9.17, 15) is 9.18 Å². The third-order valence-electron chi connectivity index (χ3n) is 4.08. The van der Waals surface area contributed by atoms with E-state index in [1.807, 2.05) is 17.9 Å². The van der Waals surface area contributed by atoms with Gasteiger partial charge in [-0.25, -0.2) is 4.39 Å². The van der Waals surface area contributed by atoms with Crippen LogP contribution in [0.2, 0.25) is 0 Å². The molecule has 0 spiro atoms. The van der Waals surface area contributed by atoms with Gasteiger partial charge in [-0.05, 0) is 44.0 Å². The van der Waals surface area contributed by atoms with Gasteiger partial charge in [0.2, 0.25) is 0 Å². The molecule has 0 bridgehead atoms. The largest absolute Gasteiger partial charge is 0.359 e. The number of halogens is 1. The highest BCUT2D eigenvalue weighted by Gasteiger charge is 2.30. The van der Waals surface area contributed by atoms with Crippen molar-refractivity contribution in [3.63, 3.8) is 0 Å². The molecule has 2 aromatic rings. The number of aryl methyl sites for hydroxylation is 1. The monoisotopic (exact) mass is 302 g/mol. The van der Waals surface area contributed by atoms with E-state index in [4.69, 9.17) is 4.52 Å². The second kappa shape index (κ2) is 6.30. The van der Waals surface area contributed by atoms with Crippen LogP contribution in [0.3, 0.4) is 0 Å². The molecule has 1 aromatic heterocycles. The maximum atomic E-state index is 13.1. The van der Waals surface area contributed by atoms with E-state index in [0.29, 0.717) is 12.1 Å². The third kappa shape index (κ3) is 3.03. The first-order valence-corrected chi connectivity index (χ1v) is 7.65. The lowest BCUT2D eigenvalue weighted by molar-refractivity contribution is 0.0651. The molecule has 0 saturated carbocycles. The molecular formula is C17H19FN2O2. The Bertz CT molecular complexity index is 651. The number of hydrogen-bond acceptors (Lipinski definition) is 3. The average molecular weight is 302 g/mol. The Hall–Kier alpha value is -2.17. The molecule has 0 unspecified atom stereocenters. The Morgan fingerprint density at radius 1 is 1.27 bits per heavy atom. The van der Waals surface area contributed by atoms with Crippen LogP contribution in [0.15, 0.2) is 34.9 Å². The van der Waals surface area contributed by atoms with Crippen LogP contribution < -0.4 is 0 Å². The summed E-state index contributed by atoms with van der Waals surface area (Å²) in [6.07, 6.45) is 3.98. The molecule has 1 amide bonds. The number of nitrogens with zero attached hydrogens (tertiary/aromatic N) is 2. The highest BCUT2D eigenvalue weighted by molar-refractivity contribution is 5.94. The van der Waals surface area contributed by atoms with Gasteiger partial charge in [0.15, 0.2) is 5.76 Å². The summed E-state index contributed by atoms with van der Waals surface area (Å²) in [7, 11) is 0. The minimum atomic E-state index is -0.338. The van der Waals surface area contributed by atoms with Gasteiger partial charge in [0, 0.05) is 18.2 Å². The zero-order valence-corrected chi connectivity index (χ0v) is 12.6. The number of hydrogen-bond donors (Lipinski definition) is 0. The molecule has 116 valence electrons. The van der Waals surface area contributed by atoms with Crippen molar-refractivity contribution in [3.05, 3.63) is 53.2 Å². The highest BCUT2D eigenvalue weighted by Crippen LogP contribution is 2.31. The number of amides is 1. The van der Waals surface area contributed by atoms with Crippen LogP contribution in [0.1, 0.15) is 53.5 Å². The van der Waals surface area contributed by atoms with Gasteiger partial charge in [-0.3, -0.25) is 4.79 Å². The molecule has 0 radical (unpaired) electrons. The SMILES string of the molecule is Cc1cc([C@@H]2CCCCCN2C(=O)c2ccc(F)cc2)on1. The summed E-state index contributed by atoms with van der Waals surface area (Å²) < 4.78 is 18.4. The predicted octanol–water partition coefficient (Wildman–Crippen LogP) is 3.88. The maximum absolute atomic E-state index is 13.1. The van der Waals surface area contributed by atoms with E-state index in [1.54, 1.807) is 0 Å². The van der Waals surface area contributed by atoms with Gasteiger partial charge in [-0.1, -0.05) is 18.0 Å². The molecule has 4 nitrogen and oxygen atoms in total. The Labute approximate surface area is 128 Å². The molecule has 1 aromatic carbocycles. The number of likely N-dealkylation sites (tertiary alicyclic amines) is 1. The van der Waals surface area contributed by atoms with Gasteiger partial charge in [0.25, 0.3) is 5.91 Å². The highest BCUT2D eigenvalue weighted by atomic mass is 19.1. The van der Waals surface area contributed by atoms with E-state index in [0.717, 1.165) is 37.1 Å². The summed E-state index contributed by atoms with van der Waals surface area (Å²) in [5.74, 6) is 0.311. The second-order valence-electron chi connectivity index (χ2n) is 5.74.